The van der Waals surface area contributed by atoms with E-state index in [1.807, 2.05) is 37.3 Å². The van der Waals surface area contributed by atoms with E-state index in [0.29, 0.717) is 17.2 Å². The maximum Gasteiger partial charge on any atom is 0.213 e. The van der Waals surface area contributed by atoms with Gasteiger partial charge in [0.05, 0.1) is 0 Å². The molecule has 0 radical (unpaired) electrons. The number of nitrogens with zero attached hydrogens (tertiary/aromatic N) is 3. The van der Waals surface area contributed by atoms with Gasteiger partial charge < -0.3 is 4.90 Å². The van der Waals surface area contributed by atoms with Crippen molar-refractivity contribution in [1.82, 2.24) is 9.97 Å². The van der Waals surface area contributed by atoms with Crippen LogP contribution in [0.5, 0.6) is 0 Å². The zero-order valence-corrected chi connectivity index (χ0v) is 16.6. The van der Waals surface area contributed by atoms with E-state index in [0.717, 1.165) is 42.5 Å². The van der Waals surface area contributed by atoms with E-state index < -0.39 is 0 Å². The number of pyridine rings is 2. The number of rotatable bonds is 4. The van der Waals surface area contributed by atoms with E-state index in [4.69, 9.17) is 11.6 Å². The Kier molecular flexibility index (Phi) is 5.40. The molecule has 4 nitrogen and oxygen atoms in total. The number of halogens is 1. The van der Waals surface area contributed by atoms with Crippen LogP contribution in [-0.4, -0.2) is 28.8 Å². The molecule has 1 aromatic carbocycles. The standard InChI is InChI=1S/C23H22ClN3O/c1-16-18(9-5-13-25-16)23(28)21-11-4-12-22(26-21)27-14-6-7-17(15-27)19-8-2-3-10-20(19)24/h2-5,8-13,17H,6-7,14-15H2,1H3. The van der Waals surface area contributed by atoms with Crippen molar-refractivity contribution in [2.45, 2.75) is 25.7 Å². The van der Waals surface area contributed by atoms with Crippen molar-refractivity contribution in [3.8, 4) is 0 Å². The number of piperidine rings is 1. The Labute approximate surface area is 170 Å². The fourth-order valence-electron chi connectivity index (χ4n) is 3.83. The Balaban J connectivity index is 1.58. The van der Waals surface area contributed by atoms with Crippen LogP contribution in [-0.2, 0) is 0 Å². The molecule has 28 heavy (non-hydrogen) atoms. The SMILES string of the molecule is Cc1ncccc1C(=O)c1cccc(N2CCCC(c3ccccc3Cl)C2)n1. The quantitative estimate of drug-likeness (QED) is 0.583. The molecule has 4 rings (SSSR count). The van der Waals surface area contributed by atoms with Crippen LogP contribution in [0.15, 0.2) is 60.8 Å². The lowest BCUT2D eigenvalue weighted by atomic mass is 9.90. The van der Waals surface area contributed by atoms with E-state index in [1.165, 1.54) is 5.56 Å². The highest BCUT2D eigenvalue weighted by atomic mass is 35.5. The van der Waals surface area contributed by atoms with E-state index in [2.05, 4.69) is 20.9 Å². The first kappa shape index (κ1) is 18.6. The lowest BCUT2D eigenvalue weighted by Gasteiger charge is -2.34. The normalized spacial score (nSPS) is 16.8. The molecular weight excluding hydrogens is 370 g/mol. The van der Waals surface area contributed by atoms with Crippen molar-refractivity contribution < 1.29 is 4.79 Å². The molecule has 142 valence electrons. The molecule has 1 unspecified atom stereocenters. The average molecular weight is 392 g/mol. The van der Waals surface area contributed by atoms with E-state index in [9.17, 15) is 4.79 Å². The van der Waals surface area contributed by atoms with Crippen molar-refractivity contribution in [2.75, 3.05) is 18.0 Å². The summed E-state index contributed by atoms with van der Waals surface area (Å²) in [6.45, 7) is 3.62. The molecule has 1 aliphatic heterocycles. The second kappa shape index (κ2) is 8.11. The fraction of sp³-hybridized carbons (Fsp3) is 0.261. The second-order valence-electron chi connectivity index (χ2n) is 7.15. The summed E-state index contributed by atoms with van der Waals surface area (Å²) in [4.78, 5) is 24.0. The van der Waals surface area contributed by atoms with Gasteiger partial charge in [-0.05, 0) is 55.7 Å². The topological polar surface area (TPSA) is 46.1 Å². The Hall–Kier alpha value is -2.72. The molecule has 1 aliphatic rings. The Bertz CT molecular complexity index is 1000. The Morgan fingerprint density at radius 1 is 1.11 bits per heavy atom. The molecule has 0 aliphatic carbocycles. The van der Waals surface area contributed by atoms with Gasteiger partial charge in [0.2, 0.25) is 5.78 Å². The molecule has 0 amide bonds. The summed E-state index contributed by atoms with van der Waals surface area (Å²) in [5.74, 6) is 1.11. The number of anilines is 1. The summed E-state index contributed by atoms with van der Waals surface area (Å²) in [6.07, 6.45) is 3.86. The Morgan fingerprint density at radius 2 is 1.96 bits per heavy atom. The largest absolute Gasteiger partial charge is 0.356 e. The lowest BCUT2D eigenvalue weighted by molar-refractivity contribution is 0.103. The summed E-state index contributed by atoms with van der Waals surface area (Å²) in [6, 6.07) is 17.3. The zero-order chi connectivity index (χ0) is 19.5. The molecule has 1 saturated heterocycles. The summed E-state index contributed by atoms with van der Waals surface area (Å²) < 4.78 is 0. The molecule has 0 bridgehead atoms. The molecule has 5 heteroatoms. The van der Waals surface area contributed by atoms with Gasteiger partial charge in [-0.15, -0.1) is 0 Å². The van der Waals surface area contributed by atoms with Crippen molar-refractivity contribution >= 4 is 23.2 Å². The molecule has 1 fully saturated rings. The van der Waals surface area contributed by atoms with Crippen LogP contribution in [0.25, 0.3) is 0 Å². The highest BCUT2D eigenvalue weighted by Gasteiger charge is 2.24. The van der Waals surface area contributed by atoms with Gasteiger partial charge in [0.25, 0.3) is 0 Å². The number of benzene rings is 1. The number of ketones is 1. The van der Waals surface area contributed by atoms with Crippen LogP contribution in [0.1, 0.15) is 46.1 Å². The summed E-state index contributed by atoms with van der Waals surface area (Å²) in [5.41, 5.74) is 2.96. The van der Waals surface area contributed by atoms with Crippen LogP contribution in [0, 0.1) is 6.92 Å². The van der Waals surface area contributed by atoms with Gasteiger partial charge in [0, 0.05) is 41.5 Å². The molecule has 1 atom stereocenters. The second-order valence-corrected chi connectivity index (χ2v) is 7.56. The molecule has 0 saturated carbocycles. The van der Waals surface area contributed by atoms with Gasteiger partial charge >= 0.3 is 0 Å². The van der Waals surface area contributed by atoms with Gasteiger partial charge in [-0.25, -0.2) is 4.98 Å². The number of hydrogen-bond acceptors (Lipinski definition) is 4. The van der Waals surface area contributed by atoms with Crippen LogP contribution in [0.2, 0.25) is 5.02 Å². The first-order valence-electron chi connectivity index (χ1n) is 9.56. The van der Waals surface area contributed by atoms with Gasteiger partial charge in [0.1, 0.15) is 11.5 Å². The molecule has 3 aromatic rings. The molecule has 3 heterocycles. The molecule has 0 spiro atoms. The number of aromatic nitrogens is 2. The van der Waals surface area contributed by atoms with Crippen LogP contribution in [0.3, 0.4) is 0 Å². The molecule has 2 aromatic heterocycles. The molecular formula is C23H22ClN3O. The number of carbonyl (C=O) groups is 1. The summed E-state index contributed by atoms with van der Waals surface area (Å²) in [7, 11) is 0. The summed E-state index contributed by atoms with van der Waals surface area (Å²) >= 11 is 6.42. The third-order valence-corrected chi connectivity index (χ3v) is 5.65. The predicted molar refractivity (Wildman–Crippen MR) is 112 cm³/mol. The number of aryl methyl sites for hydroxylation is 1. The van der Waals surface area contributed by atoms with Gasteiger partial charge in [-0.1, -0.05) is 35.9 Å². The summed E-state index contributed by atoms with van der Waals surface area (Å²) in [5, 5.41) is 0.818. The van der Waals surface area contributed by atoms with E-state index in [1.54, 1.807) is 24.4 Å². The van der Waals surface area contributed by atoms with E-state index in [-0.39, 0.29) is 5.78 Å². The minimum Gasteiger partial charge on any atom is -0.356 e. The smallest absolute Gasteiger partial charge is 0.213 e. The maximum atomic E-state index is 12.9. The highest BCUT2D eigenvalue weighted by Crippen LogP contribution is 2.33. The third kappa shape index (κ3) is 3.78. The third-order valence-electron chi connectivity index (χ3n) is 5.31. The van der Waals surface area contributed by atoms with Gasteiger partial charge in [0.15, 0.2) is 0 Å². The molecule has 0 N–H and O–H groups in total. The maximum absolute atomic E-state index is 12.9. The predicted octanol–water partition coefficient (Wildman–Crippen LogP) is 5.05. The zero-order valence-electron chi connectivity index (χ0n) is 15.8. The first-order chi connectivity index (χ1) is 13.6. The average Bonchev–Trinajstić information content (AvgIpc) is 2.74. The number of carbonyl (C=O) groups excluding carboxylic acids is 1. The van der Waals surface area contributed by atoms with Gasteiger partial charge in [-0.3, -0.25) is 9.78 Å². The lowest BCUT2D eigenvalue weighted by Crippen LogP contribution is -2.35. The minimum atomic E-state index is -0.0906. The Morgan fingerprint density at radius 3 is 2.79 bits per heavy atom. The van der Waals surface area contributed by atoms with Gasteiger partial charge in [-0.2, -0.15) is 0 Å². The monoisotopic (exact) mass is 391 g/mol. The van der Waals surface area contributed by atoms with Crippen LogP contribution in [0.4, 0.5) is 5.82 Å². The van der Waals surface area contributed by atoms with Crippen molar-refractivity contribution in [3.05, 3.63) is 88.3 Å². The van der Waals surface area contributed by atoms with Crippen molar-refractivity contribution in [2.24, 2.45) is 0 Å². The minimum absolute atomic E-state index is 0.0906. The fourth-order valence-corrected chi connectivity index (χ4v) is 4.12. The highest BCUT2D eigenvalue weighted by molar-refractivity contribution is 6.31. The van der Waals surface area contributed by atoms with E-state index >= 15 is 0 Å². The van der Waals surface area contributed by atoms with Crippen LogP contribution >= 0.6 is 11.6 Å². The first-order valence-corrected chi connectivity index (χ1v) is 9.94. The number of hydrogen-bond donors (Lipinski definition) is 0. The van der Waals surface area contributed by atoms with Crippen LogP contribution < -0.4 is 4.90 Å². The van der Waals surface area contributed by atoms with Crippen molar-refractivity contribution in [3.63, 3.8) is 0 Å². The van der Waals surface area contributed by atoms with Crippen molar-refractivity contribution in [1.29, 1.82) is 0 Å².